The van der Waals surface area contributed by atoms with E-state index < -0.39 is 5.60 Å². The Morgan fingerprint density at radius 3 is 2.30 bits per heavy atom. The van der Waals surface area contributed by atoms with E-state index in [1.807, 2.05) is 25.7 Å². The maximum atomic E-state index is 12.5. The van der Waals surface area contributed by atoms with Crippen LogP contribution in [0.2, 0.25) is 0 Å². The van der Waals surface area contributed by atoms with Crippen LogP contribution in [-0.4, -0.2) is 35.7 Å². The van der Waals surface area contributed by atoms with Crippen LogP contribution in [0.3, 0.4) is 0 Å². The number of nitrogens with two attached hydrogens (primary N) is 1. The van der Waals surface area contributed by atoms with Crippen LogP contribution in [0.25, 0.3) is 0 Å². The Balaban J connectivity index is 2.04. The lowest BCUT2D eigenvalue weighted by Gasteiger charge is -2.37. The first kappa shape index (κ1) is 15.6. The van der Waals surface area contributed by atoms with E-state index in [0.717, 1.165) is 32.2 Å². The smallest absolute Gasteiger partial charge is 0.410 e. The van der Waals surface area contributed by atoms with E-state index in [2.05, 4.69) is 0 Å². The largest absolute Gasteiger partial charge is 0.444 e. The molecule has 2 fully saturated rings. The molecule has 4 nitrogen and oxygen atoms in total. The number of hydrogen-bond donors (Lipinski definition) is 1. The fraction of sp³-hybridized carbons (Fsp3) is 0.938. The van der Waals surface area contributed by atoms with Crippen molar-refractivity contribution < 1.29 is 9.53 Å². The summed E-state index contributed by atoms with van der Waals surface area (Å²) in [5.74, 6) is 0. The zero-order valence-corrected chi connectivity index (χ0v) is 13.3. The first-order valence-corrected chi connectivity index (χ1v) is 8.05. The van der Waals surface area contributed by atoms with Crippen molar-refractivity contribution in [2.45, 2.75) is 77.4 Å². The summed E-state index contributed by atoms with van der Waals surface area (Å²) in [6.45, 7) is 7.25. The molecule has 0 bridgehead atoms. The summed E-state index contributed by atoms with van der Waals surface area (Å²) in [6, 6.07) is 0.350. The number of hydrogen-bond acceptors (Lipinski definition) is 3. The summed E-state index contributed by atoms with van der Waals surface area (Å²) < 4.78 is 5.62. The molecule has 2 saturated carbocycles. The zero-order valence-electron chi connectivity index (χ0n) is 13.3. The Morgan fingerprint density at radius 2 is 1.85 bits per heavy atom. The van der Waals surface area contributed by atoms with Crippen molar-refractivity contribution in [1.29, 1.82) is 0 Å². The molecule has 0 aliphatic heterocycles. The number of rotatable bonds is 4. The summed E-state index contributed by atoms with van der Waals surface area (Å²) >= 11 is 0. The maximum Gasteiger partial charge on any atom is 0.410 e. The predicted molar refractivity (Wildman–Crippen MR) is 80.5 cm³/mol. The van der Waals surface area contributed by atoms with Gasteiger partial charge in [0.05, 0.1) is 0 Å². The fourth-order valence-corrected chi connectivity index (χ4v) is 3.02. The van der Waals surface area contributed by atoms with Gasteiger partial charge in [0.15, 0.2) is 0 Å². The molecule has 0 spiro atoms. The molecule has 4 heteroatoms. The summed E-state index contributed by atoms with van der Waals surface area (Å²) in [5, 5.41) is 0. The van der Waals surface area contributed by atoms with E-state index >= 15 is 0 Å². The van der Waals surface area contributed by atoms with Crippen LogP contribution in [0.5, 0.6) is 0 Å². The van der Waals surface area contributed by atoms with Gasteiger partial charge in [0.1, 0.15) is 5.60 Å². The number of amides is 1. The van der Waals surface area contributed by atoms with Gasteiger partial charge in [-0.15, -0.1) is 0 Å². The van der Waals surface area contributed by atoms with Gasteiger partial charge in [-0.05, 0) is 53.0 Å². The molecule has 116 valence electrons. The molecule has 2 aliphatic carbocycles. The van der Waals surface area contributed by atoms with Crippen LogP contribution < -0.4 is 5.73 Å². The van der Waals surface area contributed by atoms with E-state index in [9.17, 15) is 4.79 Å². The van der Waals surface area contributed by atoms with Crippen molar-refractivity contribution in [3.63, 3.8) is 0 Å². The minimum absolute atomic E-state index is 0.149. The number of carbonyl (C=O) groups is 1. The van der Waals surface area contributed by atoms with E-state index in [0.29, 0.717) is 12.6 Å². The van der Waals surface area contributed by atoms with E-state index in [4.69, 9.17) is 10.5 Å². The molecule has 0 aromatic rings. The van der Waals surface area contributed by atoms with Crippen molar-refractivity contribution in [2.24, 2.45) is 11.1 Å². The minimum atomic E-state index is -0.427. The van der Waals surface area contributed by atoms with Gasteiger partial charge in [0, 0.05) is 18.0 Å². The highest BCUT2D eigenvalue weighted by atomic mass is 16.6. The van der Waals surface area contributed by atoms with Gasteiger partial charge in [0.2, 0.25) is 0 Å². The molecular weight excluding hydrogens is 252 g/mol. The zero-order chi connectivity index (χ0) is 14.8. The van der Waals surface area contributed by atoms with E-state index in [1.54, 1.807) is 0 Å². The highest BCUT2D eigenvalue weighted by Gasteiger charge is 2.45. The summed E-state index contributed by atoms with van der Waals surface area (Å²) in [6.07, 6.45) is 8.11. The monoisotopic (exact) mass is 282 g/mol. The second kappa shape index (κ2) is 5.92. The van der Waals surface area contributed by atoms with Gasteiger partial charge in [-0.25, -0.2) is 4.79 Å². The van der Waals surface area contributed by atoms with Gasteiger partial charge in [0.25, 0.3) is 0 Å². The molecule has 2 N–H and O–H groups in total. The predicted octanol–water partition coefficient (Wildman–Crippen LogP) is 3.30. The van der Waals surface area contributed by atoms with Crippen molar-refractivity contribution in [3.8, 4) is 0 Å². The van der Waals surface area contributed by atoms with Crippen molar-refractivity contribution in [1.82, 2.24) is 4.90 Å². The Morgan fingerprint density at radius 1 is 1.25 bits per heavy atom. The topological polar surface area (TPSA) is 55.6 Å². The number of carbonyl (C=O) groups excluding carboxylic acids is 1. The van der Waals surface area contributed by atoms with Gasteiger partial charge >= 0.3 is 6.09 Å². The Hall–Kier alpha value is -0.770. The molecule has 0 saturated heterocycles. The summed E-state index contributed by atoms with van der Waals surface area (Å²) in [4.78, 5) is 14.5. The second-order valence-electron chi connectivity index (χ2n) is 7.60. The molecule has 0 radical (unpaired) electrons. The Kier molecular flexibility index (Phi) is 4.62. The van der Waals surface area contributed by atoms with Gasteiger partial charge in [-0.2, -0.15) is 0 Å². The summed E-state index contributed by atoms with van der Waals surface area (Å²) in [7, 11) is 0. The van der Waals surface area contributed by atoms with Crippen molar-refractivity contribution in [3.05, 3.63) is 0 Å². The number of nitrogens with zero attached hydrogens (tertiary/aromatic N) is 1. The van der Waals surface area contributed by atoms with Gasteiger partial charge in [-0.3, -0.25) is 0 Å². The molecule has 0 aromatic heterocycles. The normalized spacial score (nSPS) is 22.4. The SMILES string of the molecule is CC(C)(C)OC(=O)N(CC1(CN)CC1)C1CCCCC1. The van der Waals surface area contributed by atoms with Crippen LogP contribution in [0.15, 0.2) is 0 Å². The molecule has 0 atom stereocenters. The molecule has 2 aliphatic rings. The highest BCUT2D eigenvalue weighted by molar-refractivity contribution is 5.68. The Labute approximate surface area is 123 Å². The molecule has 1 amide bonds. The molecule has 0 heterocycles. The molecule has 2 rings (SSSR count). The average Bonchev–Trinajstić information content (AvgIpc) is 3.15. The van der Waals surface area contributed by atoms with Crippen LogP contribution in [0.4, 0.5) is 4.79 Å². The lowest BCUT2D eigenvalue weighted by molar-refractivity contribution is 0.00722. The minimum Gasteiger partial charge on any atom is -0.444 e. The standard InChI is InChI=1S/C16H30N2O2/c1-15(2,3)20-14(19)18(12-16(11-17)9-10-16)13-7-5-4-6-8-13/h13H,4-12,17H2,1-3H3. The van der Waals surface area contributed by atoms with Crippen molar-refractivity contribution >= 4 is 6.09 Å². The van der Waals surface area contributed by atoms with Gasteiger partial charge in [-0.1, -0.05) is 19.3 Å². The van der Waals surface area contributed by atoms with Crippen LogP contribution in [0, 0.1) is 5.41 Å². The van der Waals surface area contributed by atoms with Gasteiger partial charge < -0.3 is 15.4 Å². The third-order valence-corrected chi connectivity index (χ3v) is 4.54. The lowest BCUT2D eigenvalue weighted by atomic mass is 9.93. The second-order valence-corrected chi connectivity index (χ2v) is 7.60. The Bertz CT molecular complexity index is 339. The number of ether oxygens (including phenoxy) is 1. The summed E-state index contributed by atoms with van der Waals surface area (Å²) in [5.41, 5.74) is 5.64. The quantitative estimate of drug-likeness (QED) is 0.860. The van der Waals surface area contributed by atoms with Crippen LogP contribution in [0.1, 0.15) is 65.7 Å². The third kappa shape index (κ3) is 4.11. The third-order valence-electron chi connectivity index (χ3n) is 4.54. The lowest BCUT2D eigenvalue weighted by Crippen LogP contribution is -2.48. The first-order chi connectivity index (χ1) is 9.35. The van der Waals surface area contributed by atoms with Crippen LogP contribution in [-0.2, 0) is 4.74 Å². The highest BCUT2D eigenvalue weighted by Crippen LogP contribution is 2.46. The van der Waals surface area contributed by atoms with E-state index in [-0.39, 0.29) is 11.5 Å². The molecule has 0 aromatic carbocycles. The fourth-order valence-electron chi connectivity index (χ4n) is 3.02. The first-order valence-electron chi connectivity index (χ1n) is 8.05. The van der Waals surface area contributed by atoms with Crippen LogP contribution >= 0.6 is 0 Å². The maximum absolute atomic E-state index is 12.5. The average molecular weight is 282 g/mol. The molecular formula is C16H30N2O2. The molecule has 0 unspecified atom stereocenters. The van der Waals surface area contributed by atoms with E-state index in [1.165, 1.54) is 19.3 Å². The molecule has 20 heavy (non-hydrogen) atoms. The van der Waals surface area contributed by atoms with Crippen molar-refractivity contribution in [2.75, 3.05) is 13.1 Å².